The van der Waals surface area contributed by atoms with Crippen LogP contribution in [0.5, 0.6) is 5.75 Å². The number of alkyl halides is 3. The van der Waals surface area contributed by atoms with Crippen molar-refractivity contribution in [1.82, 2.24) is 9.97 Å². The van der Waals surface area contributed by atoms with Gasteiger partial charge in [-0.1, -0.05) is 54.6 Å². The Hall–Kier alpha value is -4.16. The molecule has 4 aromatic rings. The van der Waals surface area contributed by atoms with Crippen LogP contribution in [-0.4, -0.2) is 35.7 Å². The number of rotatable bonds is 9. The molecule has 210 valence electrons. The van der Waals surface area contributed by atoms with E-state index in [1.165, 1.54) is 13.0 Å². The summed E-state index contributed by atoms with van der Waals surface area (Å²) in [4.78, 5) is 15.4. The number of aromatic amines is 1. The van der Waals surface area contributed by atoms with Gasteiger partial charge in [0.25, 0.3) is 0 Å². The number of carboxylic acids is 1. The minimum absolute atomic E-state index is 0.0236. The Balaban J connectivity index is 1.64. The zero-order valence-electron chi connectivity index (χ0n) is 21.5. The molecular weight excluding hydrogens is 547 g/mol. The number of sulfone groups is 1. The number of benzene rings is 3. The number of halogens is 3. The van der Waals surface area contributed by atoms with Gasteiger partial charge in [0.2, 0.25) is 0 Å². The summed E-state index contributed by atoms with van der Waals surface area (Å²) < 4.78 is 72.6. The van der Waals surface area contributed by atoms with Crippen LogP contribution in [0, 0.1) is 6.92 Å². The van der Waals surface area contributed by atoms with Crippen LogP contribution in [0.25, 0.3) is 22.4 Å². The summed E-state index contributed by atoms with van der Waals surface area (Å²) in [7, 11) is -4.18. The fraction of sp³-hybridized carbons (Fsp3) is 0.214. The third-order valence-electron chi connectivity index (χ3n) is 6.39. The fourth-order valence-corrected chi connectivity index (χ4v) is 5.05. The smallest absolute Gasteiger partial charge is 0.419 e. The molecule has 0 aliphatic heterocycles. The lowest BCUT2D eigenvalue weighted by atomic mass is 10.0. The molecule has 0 aliphatic carbocycles. The molecule has 0 unspecified atom stereocenters. The summed E-state index contributed by atoms with van der Waals surface area (Å²) >= 11 is 0. The van der Waals surface area contributed by atoms with Crippen molar-refractivity contribution in [2.45, 2.75) is 31.0 Å². The lowest BCUT2D eigenvalue weighted by Gasteiger charge is -2.23. The molecule has 8 nitrogen and oxygen atoms in total. The summed E-state index contributed by atoms with van der Waals surface area (Å²) in [5, 5.41) is 9.16. The van der Waals surface area contributed by atoms with Crippen LogP contribution >= 0.6 is 0 Å². The highest BCUT2D eigenvalue weighted by Gasteiger charge is 2.44. The fourth-order valence-electron chi connectivity index (χ4n) is 4.21. The highest BCUT2D eigenvalue weighted by Crippen LogP contribution is 2.41. The van der Waals surface area contributed by atoms with Crippen molar-refractivity contribution in [2.24, 2.45) is 5.73 Å². The summed E-state index contributed by atoms with van der Waals surface area (Å²) in [6.45, 7) is 1.35. The quantitative estimate of drug-likeness (QED) is 0.248. The van der Waals surface area contributed by atoms with E-state index in [9.17, 15) is 26.4 Å². The number of nitrogens with one attached hydrogen (secondary N) is 1. The maximum absolute atomic E-state index is 14.1. The number of carbonyl (C=O) groups is 1. The van der Waals surface area contributed by atoms with Gasteiger partial charge in [-0.25, -0.2) is 13.4 Å². The average Bonchev–Trinajstić information content (AvgIpc) is 3.38. The predicted octanol–water partition coefficient (Wildman–Crippen LogP) is 5.28. The maximum Gasteiger partial charge on any atom is 0.419 e. The largest absolute Gasteiger partial charge is 0.488 e. The molecule has 1 atom stereocenters. The van der Waals surface area contributed by atoms with Gasteiger partial charge in [0.15, 0.2) is 14.7 Å². The number of ether oxygens (including phenoxy) is 1. The van der Waals surface area contributed by atoms with Gasteiger partial charge in [-0.2, -0.15) is 13.2 Å². The molecule has 12 heteroatoms. The van der Waals surface area contributed by atoms with Gasteiger partial charge in [-0.15, -0.1) is 0 Å². The van der Waals surface area contributed by atoms with Gasteiger partial charge >= 0.3 is 12.1 Å². The average molecular weight is 574 g/mol. The molecule has 4 rings (SSSR count). The summed E-state index contributed by atoms with van der Waals surface area (Å²) in [6.07, 6.45) is -3.91. The van der Waals surface area contributed by atoms with Crippen molar-refractivity contribution in [3.05, 3.63) is 95.4 Å². The molecule has 4 N–H and O–H groups in total. The molecule has 0 amide bonds. The van der Waals surface area contributed by atoms with Gasteiger partial charge in [0, 0.05) is 11.8 Å². The standard InChI is InChI=1S/C28H26F3N3O5S/c1-17-12-21(23-15-33-26(34-23)27(32,14-24(35)36)40(2,37)38)13-22(28(29,30)31)25(17)39-16-18-8-10-20(11-9-18)19-6-4-3-5-7-19/h3-13,15H,14,16,32H2,1-2H3,(H,33,34)(H,35,36)/t27-/m1/s1. The number of H-pyrrole nitrogens is 1. The molecule has 0 saturated carbocycles. The molecule has 1 heterocycles. The third kappa shape index (κ3) is 6.02. The maximum atomic E-state index is 14.1. The molecule has 0 bridgehead atoms. The van der Waals surface area contributed by atoms with Crippen LogP contribution < -0.4 is 10.5 Å². The number of nitrogens with zero attached hydrogens (tertiary/aromatic N) is 1. The van der Waals surface area contributed by atoms with E-state index in [0.717, 1.165) is 29.6 Å². The van der Waals surface area contributed by atoms with Crippen LogP contribution in [0.15, 0.2) is 72.9 Å². The van der Waals surface area contributed by atoms with Crippen molar-refractivity contribution in [3.8, 4) is 28.1 Å². The Morgan fingerprint density at radius 2 is 1.65 bits per heavy atom. The topological polar surface area (TPSA) is 135 Å². The number of aromatic nitrogens is 2. The monoisotopic (exact) mass is 573 g/mol. The molecule has 0 radical (unpaired) electrons. The first-order valence-electron chi connectivity index (χ1n) is 11.9. The van der Waals surface area contributed by atoms with Crippen molar-refractivity contribution in [2.75, 3.05) is 6.26 Å². The van der Waals surface area contributed by atoms with Gasteiger partial charge in [0.1, 0.15) is 18.2 Å². The van der Waals surface area contributed by atoms with E-state index < -0.39 is 44.7 Å². The van der Waals surface area contributed by atoms with Crippen LogP contribution in [0.3, 0.4) is 0 Å². The Labute approximate surface area is 228 Å². The number of nitrogens with two attached hydrogens (primary N) is 1. The van der Waals surface area contributed by atoms with Crippen LogP contribution in [0.4, 0.5) is 13.2 Å². The minimum Gasteiger partial charge on any atom is -0.488 e. The molecule has 0 saturated heterocycles. The number of aryl methyl sites for hydroxylation is 1. The number of aliphatic carboxylic acids is 1. The van der Waals surface area contributed by atoms with Crippen LogP contribution in [-0.2, 0) is 32.3 Å². The molecule has 40 heavy (non-hydrogen) atoms. The SMILES string of the molecule is Cc1cc(-c2cnc([C@@](N)(CC(=O)O)S(C)(=O)=O)[nH]2)cc(C(F)(F)F)c1OCc1ccc(-c2ccccc2)cc1. The second-order valence-corrected chi connectivity index (χ2v) is 11.7. The third-order valence-corrected chi connectivity index (χ3v) is 8.05. The molecule has 0 aliphatic rings. The van der Waals surface area contributed by atoms with E-state index in [2.05, 4.69) is 9.97 Å². The number of imidazole rings is 1. The zero-order valence-corrected chi connectivity index (χ0v) is 22.3. The van der Waals surface area contributed by atoms with E-state index in [4.69, 9.17) is 15.6 Å². The van der Waals surface area contributed by atoms with Crippen LogP contribution in [0.1, 0.15) is 28.9 Å². The molecule has 3 aromatic carbocycles. The van der Waals surface area contributed by atoms with Gasteiger partial charge < -0.3 is 20.6 Å². The Morgan fingerprint density at radius 3 is 2.23 bits per heavy atom. The Kier molecular flexibility index (Phi) is 7.77. The van der Waals surface area contributed by atoms with Crippen molar-refractivity contribution < 1.29 is 36.2 Å². The lowest BCUT2D eigenvalue weighted by molar-refractivity contribution is -0.139. The van der Waals surface area contributed by atoms with Crippen molar-refractivity contribution >= 4 is 15.8 Å². The van der Waals surface area contributed by atoms with E-state index in [0.29, 0.717) is 5.56 Å². The number of hydrogen-bond acceptors (Lipinski definition) is 6. The molecular formula is C28H26F3N3O5S. The van der Waals surface area contributed by atoms with E-state index in [1.807, 2.05) is 42.5 Å². The Morgan fingerprint density at radius 1 is 1.02 bits per heavy atom. The Bertz CT molecular complexity index is 1640. The van der Waals surface area contributed by atoms with Gasteiger partial charge in [0.05, 0.1) is 23.9 Å². The highest BCUT2D eigenvalue weighted by molar-refractivity contribution is 7.91. The van der Waals surface area contributed by atoms with E-state index in [-0.39, 0.29) is 29.2 Å². The zero-order chi connectivity index (χ0) is 29.3. The first-order valence-corrected chi connectivity index (χ1v) is 13.8. The van der Waals surface area contributed by atoms with Gasteiger partial charge in [-0.3, -0.25) is 4.79 Å². The lowest BCUT2D eigenvalue weighted by Crippen LogP contribution is -2.47. The first kappa shape index (κ1) is 28.8. The molecule has 0 fully saturated rings. The van der Waals surface area contributed by atoms with Crippen molar-refractivity contribution in [1.29, 1.82) is 0 Å². The second kappa shape index (κ2) is 10.8. The molecule has 0 spiro atoms. The number of carboxylic acid groups (broad SMARTS) is 1. The predicted molar refractivity (Wildman–Crippen MR) is 143 cm³/mol. The number of hydrogen-bond donors (Lipinski definition) is 3. The van der Waals surface area contributed by atoms with Crippen LogP contribution in [0.2, 0.25) is 0 Å². The summed E-state index contributed by atoms with van der Waals surface area (Å²) in [5.74, 6) is -2.24. The highest BCUT2D eigenvalue weighted by atomic mass is 32.2. The normalized spacial score (nSPS) is 13.6. The molecule has 1 aromatic heterocycles. The van der Waals surface area contributed by atoms with E-state index >= 15 is 0 Å². The minimum atomic E-state index is -4.77. The van der Waals surface area contributed by atoms with Crippen molar-refractivity contribution in [3.63, 3.8) is 0 Å². The summed E-state index contributed by atoms with van der Waals surface area (Å²) in [6, 6.07) is 19.2. The second-order valence-electron chi connectivity index (χ2n) is 9.40. The van der Waals surface area contributed by atoms with E-state index in [1.54, 1.807) is 12.1 Å². The first-order chi connectivity index (χ1) is 18.7. The van der Waals surface area contributed by atoms with Gasteiger partial charge in [-0.05, 0) is 41.3 Å². The summed E-state index contributed by atoms with van der Waals surface area (Å²) in [5.41, 5.74) is 7.76.